The molecule has 1 heterocycles. The predicted octanol–water partition coefficient (Wildman–Crippen LogP) is 4.02. The number of hydrogen-bond donors (Lipinski definition) is 0. The minimum atomic E-state index is -0.451. The first-order valence-electron chi connectivity index (χ1n) is 7.00. The zero-order valence-corrected chi connectivity index (χ0v) is 14.0. The van der Waals surface area contributed by atoms with Crippen LogP contribution in [0.3, 0.4) is 0 Å². The van der Waals surface area contributed by atoms with Gasteiger partial charge >= 0.3 is 5.69 Å². The Morgan fingerprint density at radius 1 is 1.22 bits per heavy atom. The number of ether oxygens (including phenoxy) is 3. The van der Waals surface area contributed by atoms with Crippen molar-refractivity contribution < 1.29 is 19.1 Å². The van der Waals surface area contributed by atoms with Gasteiger partial charge in [-0.25, -0.2) is 0 Å². The number of hydrogen-bond acceptors (Lipinski definition) is 5. The van der Waals surface area contributed by atoms with Crippen LogP contribution in [0.2, 0.25) is 0 Å². The molecule has 2 aromatic rings. The summed E-state index contributed by atoms with van der Waals surface area (Å²) in [6.07, 6.45) is 0. The van der Waals surface area contributed by atoms with Gasteiger partial charge in [-0.3, -0.25) is 10.1 Å². The van der Waals surface area contributed by atoms with E-state index in [1.807, 2.05) is 19.1 Å². The smallest absolute Gasteiger partial charge is 0.310 e. The molecule has 0 amide bonds. The fraction of sp³-hybridized carbons (Fsp3) is 0.250. The van der Waals surface area contributed by atoms with Gasteiger partial charge < -0.3 is 14.2 Å². The molecule has 0 spiro atoms. The first-order chi connectivity index (χ1) is 11.0. The first kappa shape index (κ1) is 15.6. The minimum Gasteiger partial charge on any atom is -0.486 e. The Bertz CT molecular complexity index is 762. The maximum Gasteiger partial charge on any atom is 0.310 e. The molecule has 0 atom stereocenters. The Kier molecular flexibility index (Phi) is 4.38. The van der Waals surface area contributed by atoms with Gasteiger partial charge in [0.15, 0.2) is 17.2 Å². The number of rotatable bonds is 4. The molecule has 0 aliphatic carbocycles. The molecule has 2 aromatic carbocycles. The monoisotopic (exact) mass is 379 g/mol. The molecule has 1 aliphatic heterocycles. The lowest BCUT2D eigenvalue weighted by Crippen LogP contribution is -2.15. The van der Waals surface area contributed by atoms with E-state index in [-0.39, 0.29) is 18.0 Å². The number of nitro benzene ring substituents is 1. The van der Waals surface area contributed by atoms with Crippen molar-refractivity contribution in [2.75, 3.05) is 13.2 Å². The molecule has 0 saturated heterocycles. The molecule has 0 bridgehead atoms. The number of nitrogens with zero attached hydrogens (tertiary/aromatic N) is 1. The molecule has 0 unspecified atom stereocenters. The summed E-state index contributed by atoms with van der Waals surface area (Å²) >= 11 is 3.46. The van der Waals surface area contributed by atoms with Crippen molar-refractivity contribution in [2.45, 2.75) is 13.5 Å². The molecule has 0 radical (unpaired) electrons. The molecule has 0 saturated carbocycles. The highest BCUT2D eigenvalue weighted by Gasteiger charge is 2.18. The SMILES string of the molecule is Cc1ccc([N+](=O)[O-])c(OCc2cc3c(cc2Br)OCCO3)c1. The zero-order chi connectivity index (χ0) is 16.4. The number of benzene rings is 2. The van der Waals surface area contributed by atoms with Crippen molar-refractivity contribution >= 4 is 21.6 Å². The lowest BCUT2D eigenvalue weighted by Gasteiger charge is -2.20. The first-order valence-corrected chi connectivity index (χ1v) is 7.80. The average Bonchev–Trinajstić information content (AvgIpc) is 2.52. The van der Waals surface area contributed by atoms with Crippen LogP contribution in [0.15, 0.2) is 34.8 Å². The Balaban J connectivity index is 1.84. The fourth-order valence-electron chi connectivity index (χ4n) is 2.26. The van der Waals surface area contributed by atoms with E-state index in [0.717, 1.165) is 15.6 Å². The highest BCUT2D eigenvalue weighted by molar-refractivity contribution is 9.10. The van der Waals surface area contributed by atoms with Crippen LogP contribution >= 0.6 is 15.9 Å². The van der Waals surface area contributed by atoms with Crippen LogP contribution in [0.4, 0.5) is 5.69 Å². The molecule has 7 heteroatoms. The van der Waals surface area contributed by atoms with Gasteiger partial charge in [0.25, 0.3) is 0 Å². The quantitative estimate of drug-likeness (QED) is 0.592. The average molecular weight is 380 g/mol. The molecule has 23 heavy (non-hydrogen) atoms. The standard InChI is InChI=1S/C16H14BrNO5/c1-10-2-3-13(18(19)20)14(6-10)23-9-11-7-15-16(8-12(11)17)22-5-4-21-15/h2-3,6-8H,4-5,9H2,1H3. The topological polar surface area (TPSA) is 70.8 Å². The van der Waals surface area contributed by atoms with Crippen LogP contribution in [-0.2, 0) is 6.61 Å². The Labute approximate surface area is 141 Å². The van der Waals surface area contributed by atoms with E-state index in [1.165, 1.54) is 6.07 Å². The van der Waals surface area contributed by atoms with Gasteiger partial charge in [-0.05, 0) is 30.7 Å². The summed E-state index contributed by atoms with van der Waals surface area (Å²) in [6, 6.07) is 8.43. The van der Waals surface area contributed by atoms with Crippen molar-refractivity contribution in [3.05, 3.63) is 56.0 Å². The maximum atomic E-state index is 11.1. The molecule has 0 fully saturated rings. The van der Waals surface area contributed by atoms with Gasteiger partial charge in [-0.15, -0.1) is 0 Å². The second kappa shape index (κ2) is 6.45. The van der Waals surface area contributed by atoms with Crippen LogP contribution in [0, 0.1) is 17.0 Å². The zero-order valence-electron chi connectivity index (χ0n) is 12.4. The molecule has 0 N–H and O–H groups in total. The van der Waals surface area contributed by atoms with Gasteiger partial charge in [0.05, 0.1) is 4.92 Å². The van der Waals surface area contributed by atoms with Crippen molar-refractivity contribution in [2.24, 2.45) is 0 Å². The van der Waals surface area contributed by atoms with Gasteiger partial charge in [0.2, 0.25) is 0 Å². The van der Waals surface area contributed by atoms with E-state index in [9.17, 15) is 10.1 Å². The van der Waals surface area contributed by atoms with E-state index >= 15 is 0 Å². The number of fused-ring (bicyclic) bond motifs is 1. The predicted molar refractivity (Wildman–Crippen MR) is 87.3 cm³/mol. The van der Waals surface area contributed by atoms with Crippen LogP contribution in [0.1, 0.15) is 11.1 Å². The molecule has 120 valence electrons. The highest BCUT2D eigenvalue weighted by atomic mass is 79.9. The van der Waals surface area contributed by atoms with Crippen molar-refractivity contribution in [3.63, 3.8) is 0 Å². The van der Waals surface area contributed by atoms with E-state index in [2.05, 4.69) is 15.9 Å². The molecule has 3 rings (SSSR count). The number of nitro groups is 1. The summed E-state index contributed by atoms with van der Waals surface area (Å²) < 4.78 is 17.5. The summed E-state index contributed by atoms with van der Waals surface area (Å²) in [7, 11) is 0. The van der Waals surface area contributed by atoms with Crippen molar-refractivity contribution in [1.82, 2.24) is 0 Å². The Morgan fingerprint density at radius 2 is 1.91 bits per heavy atom. The van der Waals surface area contributed by atoms with E-state index in [1.54, 1.807) is 12.1 Å². The summed E-state index contributed by atoms with van der Waals surface area (Å²) in [5.41, 5.74) is 1.67. The third kappa shape index (κ3) is 3.39. The molecular weight excluding hydrogens is 366 g/mol. The van der Waals surface area contributed by atoms with Crippen molar-refractivity contribution in [1.29, 1.82) is 0 Å². The van der Waals surface area contributed by atoms with Crippen LogP contribution in [0.5, 0.6) is 17.2 Å². The largest absolute Gasteiger partial charge is 0.486 e. The van der Waals surface area contributed by atoms with E-state index in [4.69, 9.17) is 14.2 Å². The molecule has 0 aromatic heterocycles. The molecular formula is C16H14BrNO5. The van der Waals surface area contributed by atoms with Crippen LogP contribution < -0.4 is 14.2 Å². The second-order valence-corrected chi connectivity index (χ2v) is 5.96. The molecule has 6 nitrogen and oxygen atoms in total. The fourth-order valence-corrected chi connectivity index (χ4v) is 2.70. The lowest BCUT2D eigenvalue weighted by molar-refractivity contribution is -0.386. The highest BCUT2D eigenvalue weighted by Crippen LogP contribution is 2.36. The maximum absolute atomic E-state index is 11.1. The Hall–Kier alpha value is -2.28. The third-order valence-electron chi connectivity index (χ3n) is 3.41. The molecule has 1 aliphatic rings. The van der Waals surface area contributed by atoms with Gasteiger partial charge in [0, 0.05) is 16.1 Å². The van der Waals surface area contributed by atoms with Crippen LogP contribution in [-0.4, -0.2) is 18.1 Å². The summed E-state index contributed by atoms with van der Waals surface area (Å²) in [6.45, 7) is 3.06. The minimum absolute atomic E-state index is 0.0516. The van der Waals surface area contributed by atoms with Crippen molar-refractivity contribution in [3.8, 4) is 17.2 Å². The van der Waals surface area contributed by atoms with Gasteiger partial charge in [0.1, 0.15) is 19.8 Å². The Morgan fingerprint density at radius 3 is 2.61 bits per heavy atom. The normalized spacial score (nSPS) is 12.8. The number of halogens is 1. The summed E-state index contributed by atoms with van der Waals surface area (Å²) in [4.78, 5) is 10.6. The number of aryl methyl sites for hydroxylation is 1. The third-order valence-corrected chi connectivity index (χ3v) is 4.14. The van der Waals surface area contributed by atoms with Gasteiger partial charge in [-0.2, -0.15) is 0 Å². The van der Waals surface area contributed by atoms with E-state index < -0.39 is 4.92 Å². The summed E-state index contributed by atoms with van der Waals surface area (Å²) in [5.74, 6) is 1.57. The van der Waals surface area contributed by atoms with Crippen LogP contribution in [0.25, 0.3) is 0 Å². The van der Waals surface area contributed by atoms with E-state index in [0.29, 0.717) is 24.7 Å². The second-order valence-electron chi connectivity index (χ2n) is 5.10. The lowest BCUT2D eigenvalue weighted by atomic mass is 10.2. The van der Waals surface area contributed by atoms with Gasteiger partial charge in [-0.1, -0.05) is 22.0 Å². The summed E-state index contributed by atoms with van der Waals surface area (Å²) in [5, 5.41) is 11.1.